The predicted octanol–water partition coefficient (Wildman–Crippen LogP) is 4.30. The highest BCUT2D eigenvalue weighted by Gasteiger charge is 2.34. The summed E-state index contributed by atoms with van der Waals surface area (Å²) in [6, 6.07) is 14.0. The molecule has 0 radical (unpaired) electrons. The van der Waals surface area contributed by atoms with Crippen LogP contribution in [0.2, 0.25) is 5.02 Å². The Morgan fingerprint density at radius 3 is 2.38 bits per heavy atom. The Hall–Kier alpha value is -2.15. The van der Waals surface area contributed by atoms with Crippen molar-refractivity contribution >= 4 is 17.5 Å². The molecule has 1 saturated heterocycles. The second-order valence-electron chi connectivity index (χ2n) is 8.33. The van der Waals surface area contributed by atoms with Crippen molar-refractivity contribution in [2.24, 2.45) is 0 Å². The van der Waals surface area contributed by atoms with Crippen LogP contribution in [0.3, 0.4) is 0 Å². The lowest BCUT2D eigenvalue weighted by Gasteiger charge is -2.46. The monoisotopic (exact) mass is 461 g/mol. The van der Waals surface area contributed by atoms with Gasteiger partial charge in [-0.05, 0) is 62.0 Å². The number of amides is 1. The van der Waals surface area contributed by atoms with E-state index in [1.54, 1.807) is 24.3 Å². The van der Waals surface area contributed by atoms with Gasteiger partial charge in [-0.25, -0.2) is 4.39 Å². The standard InChI is InChI=1S/C25H33ClFN3O2/c1-4-28(5-2)16-23-17-30(25(31)18-32-24-12-8-21(26)9-13-24)19(3)14-29(23)15-20-6-10-22(27)11-7-20/h6-13,19,23H,4-5,14-18H2,1-3H3/t19-,23+/m1/s1. The molecule has 2 aromatic carbocycles. The summed E-state index contributed by atoms with van der Waals surface area (Å²) < 4.78 is 19.0. The molecule has 0 aliphatic carbocycles. The van der Waals surface area contributed by atoms with Gasteiger partial charge in [0.25, 0.3) is 5.91 Å². The molecule has 0 spiro atoms. The maximum Gasteiger partial charge on any atom is 0.260 e. The van der Waals surface area contributed by atoms with Crippen LogP contribution in [0.4, 0.5) is 4.39 Å². The lowest BCUT2D eigenvalue weighted by Crippen LogP contribution is -2.61. The van der Waals surface area contributed by atoms with Gasteiger partial charge in [0.1, 0.15) is 11.6 Å². The van der Waals surface area contributed by atoms with Gasteiger partial charge in [-0.1, -0.05) is 37.6 Å². The molecule has 5 nitrogen and oxygen atoms in total. The van der Waals surface area contributed by atoms with Gasteiger partial charge in [0, 0.05) is 43.3 Å². The van der Waals surface area contributed by atoms with Crippen LogP contribution in [0, 0.1) is 5.82 Å². The van der Waals surface area contributed by atoms with E-state index in [2.05, 4.69) is 30.6 Å². The number of carbonyl (C=O) groups is 1. The van der Waals surface area contributed by atoms with Crippen molar-refractivity contribution in [1.82, 2.24) is 14.7 Å². The lowest BCUT2D eigenvalue weighted by atomic mass is 10.0. The van der Waals surface area contributed by atoms with Crippen LogP contribution >= 0.6 is 11.6 Å². The number of carbonyl (C=O) groups excluding carboxylic acids is 1. The minimum absolute atomic E-state index is 0.00191. The van der Waals surface area contributed by atoms with Crippen molar-refractivity contribution in [2.45, 2.75) is 39.4 Å². The molecule has 0 bridgehead atoms. The van der Waals surface area contributed by atoms with E-state index >= 15 is 0 Å². The zero-order valence-corrected chi connectivity index (χ0v) is 19.9. The van der Waals surface area contributed by atoms with Crippen molar-refractivity contribution < 1.29 is 13.9 Å². The Balaban J connectivity index is 1.68. The molecule has 32 heavy (non-hydrogen) atoms. The fraction of sp³-hybridized carbons (Fsp3) is 0.480. The SMILES string of the molecule is CCN(CC)C[C@H]1CN(C(=O)COc2ccc(Cl)cc2)[C@H](C)CN1Cc1ccc(F)cc1. The molecule has 1 heterocycles. The summed E-state index contributed by atoms with van der Waals surface area (Å²) in [4.78, 5) is 19.8. The van der Waals surface area contributed by atoms with Gasteiger partial charge in [-0.2, -0.15) is 0 Å². The highest BCUT2D eigenvalue weighted by molar-refractivity contribution is 6.30. The normalized spacial score (nSPS) is 19.4. The molecular formula is C25H33ClFN3O2. The first kappa shape index (κ1) is 24.5. The van der Waals surface area contributed by atoms with Crippen LogP contribution in [-0.4, -0.2) is 72.0 Å². The van der Waals surface area contributed by atoms with E-state index in [1.165, 1.54) is 12.1 Å². The molecule has 1 aliphatic heterocycles. The van der Waals surface area contributed by atoms with Gasteiger partial charge in [0.15, 0.2) is 6.61 Å². The van der Waals surface area contributed by atoms with Gasteiger partial charge in [0.05, 0.1) is 0 Å². The number of piperazine rings is 1. The summed E-state index contributed by atoms with van der Waals surface area (Å²) in [5.41, 5.74) is 1.08. The number of likely N-dealkylation sites (N-methyl/N-ethyl adjacent to an activating group) is 1. The van der Waals surface area contributed by atoms with Crippen LogP contribution < -0.4 is 4.74 Å². The van der Waals surface area contributed by atoms with Gasteiger partial charge >= 0.3 is 0 Å². The Kier molecular flexibility index (Phi) is 8.91. The molecule has 0 aromatic heterocycles. The van der Waals surface area contributed by atoms with E-state index in [-0.39, 0.29) is 30.4 Å². The maximum atomic E-state index is 13.3. The first-order valence-electron chi connectivity index (χ1n) is 11.3. The van der Waals surface area contributed by atoms with Crippen molar-refractivity contribution in [3.05, 3.63) is 64.9 Å². The minimum atomic E-state index is -0.224. The molecular weight excluding hydrogens is 429 g/mol. The van der Waals surface area contributed by atoms with E-state index in [0.29, 0.717) is 17.3 Å². The Bertz CT molecular complexity index is 858. The summed E-state index contributed by atoms with van der Waals surface area (Å²) in [6.45, 7) is 11.3. The number of benzene rings is 2. The Morgan fingerprint density at radius 1 is 1.09 bits per heavy atom. The molecule has 0 saturated carbocycles. The van der Waals surface area contributed by atoms with Crippen molar-refractivity contribution in [1.29, 1.82) is 0 Å². The summed E-state index contributed by atoms with van der Waals surface area (Å²) in [6.07, 6.45) is 0. The van der Waals surface area contributed by atoms with Crippen LogP contribution in [0.15, 0.2) is 48.5 Å². The average Bonchev–Trinajstić information content (AvgIpc) is 2.79. The van der Waals surface area contributed by atoms with Gasteiger partial charge < -0.3 is 14.5 Å². The van der Waals surface area contributed by atoms with E-state index in [0.717, 1.165) is 38.3 Å². The molecule has 7 heteroatoms. The summed E-state index contributed by atoms with van der Waals surface area (Å²) >= 11 is 5.92. The number of halogens is 2. The highest BCUT2D eigenvalue weighted by Crippen LogP contribution is 2.21. The Morgan fingerprint density at radius 2 is 1.75 bits per heavy atom. The molecule has 1 fully saturated rings. The maximum absolute atomic E-state index is 13.3. The van der Waals surface area contributed by atoms with Gasteiger partial charge in [-0.3, -0.25) is 9.69 Å². The molecule has 2 aromatic rings. The number of hydrogen-bond acceptors (Lipinski definition) is 4. The summed E-state index contributed by atoms with van der Waals surface area (Å²) in [7, 11) is 0. The molecule has 0 N–H and O–H groups in total. The summed E-state index contributed by atoms with van der Waals surface area (Å²) in [5.74, 6) is 0.390. The largest absolute Gasteiger partial charge is 0.484 e. The number of hydrogen-bond donors (Lipinski definition) is 0. The molecule has 3 rings (SSSR count). The number of rotatable bonds is 9. The van der Waals surface area contributed by atoms with Crippen molar-refractivity contribution in [3.8, 4) is 5.75 Å². The zero-order chi connectivity index (χ0) is 23.1. The van der Waals surface area contributed by atoms with Crippen molar-refractivity contribution in [2.75, 3.05) is 39.3 Å². The second-order valence-corrected chi connectivity index (χ2v) is 8.77. The molecule has 2 atom stereocenters. The molecule has 174 valence electrons. The smallest absolute Gasteiger partial charge is 0.260 e. The Labute approximate surface area is 195 Å². The average molecular weight is 462 g/mol. The fourth-order valence-electron chi connectivity index (χ4n) is 4.19. The topological polar surface area (TPSA) is 36.0 Å². The highest BCUT2D eigenvalue weighted by atomic mass is 35.5. The summed E-state index contributed by atoms with van der Waals surface area (Å²) in [5, 5.41) is 0.633. The van der Waals surface area contributed by atoms with Crippen LogP contribution in [0.1, 0.15) is 26.3 Å². The predicted molar refractivity (Wildman–Crippen MR) is 127 cm³/mol. The van der Waals surface area contributed by atoms with Crippen LogP contribution in [-0.2, 0) is 11.3 Å². The van der Waals surface area contributed by atoms with Crippen LogP contribution in [0.25, 0.3) is 0 Å². The molecule has 1 aliphatic rings. The van der Waals surface area contributed by atoms with Crippen molar-refractivity contribution in [3.63, 3.8) is 0 Å². The third kappa shape index (κ3) is 6.67. The number of ether oxygens (including phenoxy) is 1. The zero-order valence-electron chi connectivity index (χ0n) is 19.1. The molecule has 0 unspecified atom stereocenters. The lowest BCUT2D eigenvalue weighted by molar-refractivity contribution is -0.140. The third-order valence-corrected chi connectivity index (χ3v) is 6.37. The van der Waals surface area contributed by atoms with Gasteiger partial charge in [0.2, 0.25) is 0 Å². The minimum Gasteiger partial charge on any atom is -0.484 e. The first-order chi connectivity index (χ1) is 15.4. The molecule has 1 amide bonds. The first-order valence-corrected chi connectivity index (χ1v) is 11.7. The second kappa shape index (κ2) is 11.6. The third-order valence-electron chi connectivity index (χ3n) is 6.11. The van der Waals surface area contributed by atoms with E-state index in [9.17, 15) is 9.18 Å². The van der Waals surface area contributed by atoms with Crippen LogP contribution in [0.5, 0.6) is 5.75 Å². The quantitative estimate of drug-likeness (QED) is 0.557. The fourth-order valence-corrected chi connectivity index (χ4v) is 4.31. The van der Waals surface area contributed by atoms with E-state index < -0.39 is 0 Å². The van der Waals surface area contributed by atoms with Gasteiger partial charge in [-0.15, -0.1) is 0 Å². The van der Waals surface area contributed by atoms with E-state index in [1.807, 2.05) is 17.0 Å². The van der Waals surface area contributed by atoms with E-state index in [4.69, 9.17) is 16.3 Å². The number of nitrogens with zero attached hydrogens (tertiary/aromatic N) is 3.